The molecular formula is C9H17NO3. The van der Waals surface area contributed by atoms with Gasteiger partial charge in [-0.2, -0.15) is 0 Å². The summed E-state index contributed by atoms with van der Waals surface area (Å²) in [5.74, 6) is -0.265. The molecule has 0 heterocycles. The van der Waals surface area contributed by atoms with Crippen LogP contribution in [0.5, 0.6) is 0 Å². The van der Waals surface area contributed by atoms with E-state index in [1.54, 1.807) is 0 Å². The van der Waals surface area contributed by atoms with Crippen LogP contribution in [-0.4, -0.2) is 35.4 Å². The van der Waals surface area contributed by atoms with Crippen LogP contribution in [0, 0.1) is 5.92 Å². The normalized spacial score (nSPS) is 28.7. The highest BCUT2D eigenvalue weighted by Gasteiger charge is 2.18. The Morgan fingerprint density at radius 3 is 2.46 bits per heavy atom. The van der Waals surface area contributed by atoms with Gasteiger partial charge < -0.3 is 15.5 Å². The van der Waals surface area contributed by atoms with Gasteiger partial charge in [0, 0.05) is 0 Å². The van der Waals surface area contributed by atoms with Crippen LogP contribution in [0.4, 0.5) is 0 Å². The quantitative estimate of drug-likeness (QED) is 0.588. The van der Waals surface area contributed by atoms with Gasteiger partial charge in [0.2, 0.25) is 0 Å². The Labute approximate surface area is 78.0 Å². The van der Waals surface area contributed by atoms with Gasteiger partial charge in [0.15, 0.2) is 0 Å². The van der Waals surface area contributed by atoms with Gasteiger partial charge in [-0.1, -0.05) is 0 Å². The molecule has 0 amide bonds. The van der Waals surface area contributed by atoms with Crippen LogP contribution in [-0.2, 0) is 4.79 Å². The van der Waals surface area contributed by atoms with Crippen LogP contribution in [0.3, 0.4) is 0 Å². The Morgan fingerprint density at radius 1 is 1.31 bits per heavy atom. The first-order valence-corrected chi connectivity index (χ1v) is 4.79. The predicted octanol–water partition coefficient (Wildman–Crippen LogP) is 0.212. The van der Waals surface area contributed by atoms with E-state index in [9.17, 15) is 9.90 Å². The zero-order valence-electron chi connectivity index (χ0n) is 7.70. The summed E-state index contributed by atoms with van der Waals surface area (Å²) in [6, 6.07) is 0. The first-order valence-electron chi connectivity index (χ1n) is 4.79. The average molecular weight is 187 g/mol. The zero-order chi connectivity index (χ0) is 9.68. The third-order valence-corrected chi connectivity index (χ3v) is 2.53. The number of aliphatic hydroxyl groups is 1. The molecule has 1 aliphatic carbocycles. The minimum atomic E-state index is -0.809. The van der Waals surface area contributed by atoms with Crippen molar-refractivity contribution in [1.29, 1.82) is 0 Å². The Hall–Kier alpha value is -0.610. The van der Waals surface area contributed by atoms with Gasteiger partial charge in [-0.15, -0.1) is 0 Å². The van der Waals surface area contributed by atoms with Gasteiger partial charge in [0.05, 0.1) is 12.6 Å². The molecule has 0 bridgehead atoms. The molecule has 1 rings (SSSR count). The highest BCUT2D eigenvalue weighted by atomic mass is 16.4. The summed E-state index contributed by atoms with van der Waals surface area (Å²) in [5.41, 5.74) is 0. The summed E-state index contributed by atoms with van der Waals surface area (Å²) in [6.45, 7) is 0.804. The number of carbonyl (C=O) groups is 1. The van der Waals surface area contributed by atoms with Crippen molar-refractivity contribution >= 4 is 5.97 Å². The molecule has 0 aromatic heterocycles. The Morgan fingerprint density at radius 2 is 1.92 bits per heavy atom. The second-order valence-electron chi connectivity index (χ2n) is 3.70. The number of hydrogen-bond acceptors (Lipinski definition) is 3. The van der Waals surface area contributed by atoms with E-state index in [4.69, 9.17) is 5.11 Å². The molecule has 13 heavy (non-hydrogen) atoms. The number of nitrogens with one attached hydrogen (secondary N) is 1. The molecule has 1 fully saturated rings. The molecule has 0 aromatic rings. The van der Waals surface area contributed by atoms with Gasteiger partial charge in [0.25, 0.3) is 0 Å². The minimum Gasteiger partial charge on any atom is -0.480 e. The second kappa shape index (κ2) is 5.19. The predicted molar refractivity (Wildman–Crippen MR) is 48.5 cm³/mol. The first kappa shape index (κ1) is 10.5. The molecule has 76 valence electrons. The Balaban J connectivity index is 2.05. The van der Waals surface area contributed by atoms with Gasteiger partial charge in [0.1, 0.15) is 0 Å². The lowest BCUT2D eigenvalue weighted by molar-refractivity contribution is -0.136. The lowest BCUT2D eigenvalue weighted by atomic mass is 9.87. The largest absolute Gasteiger partial charge is 0.480 e. The van der Waals surface area contributed by atoms with Gasteiger partial charge in [-0.25, -0.2) is 0 Å². The monoisotopic (exact) mass is 187 g/mol. The maximum atomic E-state index is 10.2. The highest BCUT2D eigenvalue weighted by Crippen LogP contribution is 2.23. The Kier molecular flexibility index (Phi) is 4.18. The second-order valence-corrected chi connectivity index (χ2v) is 3.70. The third kappa shape index (κ3) is 4.24. The SMILES string of the molecule is O=C(O)CNCC1CCC(O)CC1. The molecule has 0 aliphatic heterocycles. The molecule has 0 spiro atoms. The maximum absolute atomic E-state index is 10.2. The molecule has 0 unspecified atom stereocenters. The maximum Gasteiger partial charge on any atom is 0.317 e. The van der Waals surface area contributed by atoms with Crippen LogP contribution >= 0.6 is 0 Å². The minimum absolute atomic E-state index is 0.0407. The summed E-state index contributed by atoms with van der Waals surface area (Å²) in [5, 5.41) is 20.5. The van der Waals surface area contributed by atoms with Crippen molar-refractivity contribution in [2.45, 2.75) is 31.8 Å². The average Bonchev–Trinajstić information content (AvgIpc) is 2.08. The van der Waals surface area contributed by atoms with E-state index in [1.165, 1.54) is 0 Å². The molecule has 3 N–H and O–H groups in total. The Bertz CT molecular complexity index is 164. The molecule has 0 saturated heterocycles. The molecule has 0 atom stereocenters. The molecular weight excluding hydrogens is 170 g/mol. The zero-order valence-corrected chi connectivity index (χ0v) is 7.70. The summed E-state index contributed by atoms with van der Waals surface area (Å²) < 4.78 is 0. The molecule has 0 aromatic carbocycles. The van der Waals surface area contributed by atoms with Crippen molar-refractivity contribution in [2.75, 3.05) is 13.1 Å². The molecule has 4 nitrogen and oxygen atoms in total. The summed E-state index contributed by atoms with van der Waals surface area (Å²) in [6.07, 6.45) is 3.61. The van der Waals surface area contributed by atoms with E-state index < -0.39 is 5.97 Å². The topological polar surface area (TPSA) is 69.6 Å². The molecule has 1 aliphatic rings. The van der Waals surface area contributed by atoms with Crippen molar-refractivity contribution in [3.63, 3.8) is 0 Å². The van der Waals surface area contributed by atoms with E-state index in [2.05, 4.69) is 5.32 Å². The van der Waals surface area contributed by atoms with Gasteiger partial charge >= 0.3 is 5.97 Å². The van der Waals surface area contributed by atoms with Gasteiger partial charge in [-0.3, -0.25) is 4.79 Å². The molecule has 1 saturated carbocycles. The van der Waals surface area contributed by atoms with Crippen molar-refractivity contribution in [3.05, 3.63) is 0 Å². The number of carboxylic acid groups (broad SMARTS) is 1. The number of carboxylic acids is 1. The molecule has 0 radical (unpaired) electrons. The number of hydrogen-bond donors (Lipinski definition) is 3. The van der Waals surface area contributed by atoms with Crippen LogP contribution in [0.2, 0.25) is 0 Å². The number of aliphatic carboxylic acids is 1. The van der Waals surface area contributed by atoms with Crippen LogP contribution in [0.15, 0.2) is 0 Å². The van der Waals surface area contributed by atoms with Crippen molar-refractivity contribution in [3.8, 4) is 0 Å². The number of rotatable bonds is 4. The third-order valence-electron chi connectivity index (χ3n) is 2.53. The van der Waals surface area contributed by atoms with E-state index in [1.807, 2.05) is 0 Å². The summed E-state index contributed by atoms with van der Waals surface area (Å²) in [7, 11) is 0. The molecule has 4 heteroatoms. The van der Waals surface area contributed by atoms with Gasteiger partial charge in [-0.05, 0) is 38.1 Å². The summed E-state index contributed by atoms with van der Waals surface area (Å²) in [4.78, 5) is 10.2. The van der Waals surface area contributed by atoms with Crippen LogP contribution in [0.25, 0.3) is 0 Å². The number of aliphatic hydroxyl groups excluding tert-OH is 1. The van der Waals surface area contributed by atoms with E-state index in [-0.39, 0.29) is 12.6 Å². The van der Waals surface area contributed by atoms with E-state index in [0.29, 0.717) is 5.92 Å². The van der Waals surface area contributed by atoms with Crippen molar-refractivity contribution < 1.29 is 15.0 Å². The van der Waals surface area contributed by atoms with E-state index in [0.717, 1.165) is 32.2 Å². The van der Waals surface area contributed by atoms with E-state index >= 15 is 0 Å². The van der Waals surface area contributed by atoms with Crippen LogP contribution < -0.4 is 5.32 Å². The standard InChI is InChI=1S/C9H17NO3/c11-8-3-1-7(2-4-8)5-10-6-9(12)13/h7-8,10-11H,1-6H2,(H,12,13). The lowest BCUT2D eigenvalue weighted by Crippen LogP contribution is -2.31. The fourth-order valence-electron chi connectivity index (χ4n) is 1.73. The van der Waals surface area contributed by atoms with Crippen molar-refractivity contribution in [2.24, 2.45) is 5.92 Å². The highest BCUT2D eigenvalue weighted by molar-refractivity contribution is 5.68. The fraction of sp³-hybridized carbons (Fsp3) is 0.889. The summed E-state index contributed by atoms with van der Waals surface area (Å²) >= 11 is 0. The van der Waals surface area contributed by atoms with Crippen LogP contribution in [0.1, 0.15) is 25.7 Å². The smallest absolute Gasteiger partial charge is 0.317 e. The lowest BCUT2D eigenvalue weighted by Gasteiger charge is -2.25. The fourth-order valence-corrected chi connectivity index (χ4v) is 1.73. The van der Waals surface area contributed by atoms with Crippen molar-refractivity contribution in [1.82, 2.24) is 5.32 Å². The first-order chi connectivity index (χ1) is 6.18.